The molecular weight excluding hydrogens is 266 g/mol. The first kappa shape index (κ1) is 14.2. The highest BCUT2D eigenvalue weighted by molar-refractivity contribution is 5.76. The Morgan fingerprint density at radius 2 is 2.05 bits per heavy atom. The Labute approximate surface area is 125 Å². The standard InChI is InChI=1S/C16H23N3O2/c17-13-3-5-15(6-4-13)21-11-7-16(20)19-10-9-18-8-1-2-14(18)12-19/h3-6,14H,1-2,7-12,17H2. The summed E-state index contributed by atoms with van der Waals surface area (Å²) in [6.07, 6.45) is 2.94. The van der Waals surface area contributed by atoms with Crippen LogP contribution in [0.5, 0.6) is 5.75 Å². The van der Waals surface area contributed by atoms with Gasteiger partial charge in [0, 0.05) is 31.4 Å². The van der Waals surface area contributed by atoms with Crippen molar-refractivity contribution in [3.05, 3.63) is 24.3 Å². The van der Waals surface area contributed by atoms with Gasteiger partial charge < -0.3 is 15.4 Å². The minimum absolute atomic E-state index is 0.206. The van der Waals surface area contributed by atoms with Crippen molar-refractivity contribution in [2.75, 3.05) is 38.5 Å². The minimum Gasteiger partial charge on any atom is -0.493 e. The summed E-state index contributed by atoms with van der Waals surface area (Å²) >= 11 is 0. The van der Waals surface area contributed by atoms with Crippen LogP contribution in [-0.4, -0.2) is 54.5 Å². The van der Waals surface area contributed by atoms with Gasteiger partial charge in [-0.25, -0.2) is 0 Å². The highest BCUT2D eigenvalue weighted by Gasteiger charge is 2.32. The van der Waals surface area contributed by atoms with E-state index in [0.717, 1.165) is 25.4 Å². The molecule has 1 unspecified atom stereocenters. The number of piperazine rings is 1. The van der Waals surface area contributed by atoms with Crippen LogP contribution >= 0.6 is 0 Å². The number of carbonyl (C=O) groups excluding carboxylic acids is 1. The fourth-order valence-corrected chi connectivity index (χ4v) is 3.20. The lowest BCUT2D eigenvalue weighted by molar-refractivity contribution is -0.134. The number of amides is 1. The van der Waals surface area contributed by atoms with Gasteiger partial charge in [-0.1, -0.05) is 0 Å². The molecule has 5 nitrogen and oxygen atoms in total. The van der Waals surface area contributed by atoms with Gasteiger partial charge in [-0.15, -0.1) is 0 Å². The van der Waals surface area contributed by atoms with Crippen LogP contribution in [-0.2, 0) is 4.79 Å². The maximum Gasteiger partial charge on any atom is 0.226 e. The highest BCUT2D eigenvalue weighted by atomic mass is 16.5. The summed E-state index contributed by atoms with van der Waals surface area (Å²) in [4.78, 5) is 16.7. The Bertz CT molecular complexity index is 489. The van der Waals surface area contributed by atoms with Gasteiger partial charge >= 0.3 is 0 Å². The van der Waals surface area contributed by atoms with Gasteiger partial charge in [-0.2, -0.15) is 0 Å². The molecule has 21 heavy (non-hydrogen) atoms. The summed E-state index contributed by atoms with van der Waals surface area (Å²) in [5.74, 6) is 0.967. The number of rotatable bonds is 4. The number of fused-ring (bicyclic) bond motifs is 1. The number of nitrogen functional groups attached to an aromatic ring is 1. The first-order chi connectivity index (χ1) is 10.2. The van der Waals surface area contributed by atoms with Gasteiger partial charge in [0.2, 0.25) is 5.91 Å². The van der Waals surface area contributed by atoms with E-state index in [2.05, 4.69) is 4.90 Å². The minimum atomic E-state index is 0.206. The third-order valence-electron chi connectivity index (χ3n) is 4.40. The van der Waals surface area contributed by atoms with Crippen LogP contribution in [0.2, 0.25) is 0 Å². The van der Waals surface area contributed by atoms with E-state index in [0.29, 0.717) is 24.8 Å². The molecule has 0 radical (unpaired) electrons. The average molecular weight is 289 g/mol. The molecule has 1 amide bonds. The lowest BCUT2D eigenvalue weighted by Crippen LogP contribution is -2.52. The quantitative estimate of drug-likeness (QED) is 0.850. The lowest BCUT2D eigenvalue weighted by Gasteiger charge is -2.37. The van der Waals surface area contributed by atoms with Gasteiger partial charge in [0.15, 0.2) is 0 Å². The van der Waals surface area contributed by atoms with Gasteiger partial charge in [-0.05, 0) is 43.7 Å². The molecule has 3 rings (SSSR count). The van der Waals surface area contributed by atoms with Gasteiger partial charge in [0.05, 0.1) is 13.0 Å². The van der Waals surface area contributed by atoms with Crippen molar-refractivity contribution in [2.45, 2.75) is 25.3 Å². The number of hydrogen-bond acceptors (Lipinski definition) is 4. The Morgan fingerprint density at radius 1 is 1.24 bits per heavy atom. The summed E-state index contributed by atoms with van der Waals surface area (Å²) in [6.45, 7) is 4.40. The fourth-order valence-electron chi connectivity index (χ4n) is 3.20. The predicted molar refractivity (Wildman–Crippen MR) is 82.1 cm³/mol. The summed E-state index contributed by atoms with van der Waals surface area (Å²) in [7, 11) is 0. The summed E-state index contributed by atoms with van der Waals surface area (Å²) in [6, 6.07) is 7.85. The van der Waals surface area contributed by atoms with E-state index in [9.17, 15) is 4.79 Å². The van der Waals surface area contributed by atoms with Crippen molar-refractivity contribution in [2.24, 2.45) is 0 Å². The maximum atomic E-state index is 12.2. The van der Waals surface area contributed by atoms with Crippen molar-refractivity contribution in [1.29, 1.82) is 0 Å². The second-order valence-electron chi connectivity index (χ2n) is 5.84. The molecule has 1 aromatic rings. The summed E-state index contributed by atoms with van der Waals surface area (Å²) < 4.78 is 5.60. The third-order valence-corrected chi connectivity index (χ3v) is 4.40. The molecular formula is C16H23N3O2. The maximum absolute atomic E-state index is 12.2. The molecule has 0 bridgehead atoms. The number of carbonyl (C=O) groups is 1. The Balaban J connectivity index is 1.43. The second-order valence-corrected chi connectivity index (χ2v) is 5.84. The van der Waals surface area contributed by atoms with Crippen molar-refractivity contribution >= 4 is 11.6 Å². The van der Waals surface area contributed by atoms with Crippen LogP contribution in [0.15, 0.2) is 24.3 Å². The summed E-state index contributed by atoms with van der Waals surface area (Å²) in [5.41, 5.74) is 6.34. The molecule has 1 aromatic carbocycles. The Kier molecular flexibility index (Phi) is 4.29. The lowest BCUT2D eigenvalue weighted by atomic mass is 10.1. The zero-order valence-corrected chi connectivity index (χ0v) is 12.3. The highest BCUT2D eigenvalue weighted by Crippen LogP contribution is 2.21. The smallest absolute Gasteiger partial charge is 0.226 e. The zero-order valence-electron chi connectivity index (χ0n) is 12.3. The number of hydrogen-bond donors (Lipinski definition) is 1. The van der Waals surface area contributed by atoms with E-state index < -0.39 is 0 Å². The molecule has 114 valence electrons. The van der Waals surface area contributed by atoms with E-state index in [1.165, 1.54) is 19.4 Å². The molecule has 2 heterocycles. The first-order valence-electron chi connectivity index (χ1n) is 7.72. The third kappa shape index (κ3) is 3.47. The van der Waals surface area contributed by atoms with Crippen molar-refractivity contribution in [1.82, 2.24) is 9.80 Å². The van der Waals surface area contributed by atoms with Crippen molar-refractivity contribution < 1.29 is 9.53 Å². The molecule has 2 aliphatic rings. The van der Waals surface area contributed by atoms with E-state index in [-0.39, 0.29) is 5.91 Å². The molecule has 1 atom stereocenters. The first-order valence-corrected chi connectivity index (χ1v) is 7.72. The normalized spacial score (nSPS) is 22.1. The van der Waals surface area contributed by atoms with Crippen LogP contribution < -0.4 is 10.5 Å². The molecule has 2 N–H and O–H groups in total. The molecule has 0 aromatic heterocycles. The Morgan fingerprint density at radius 3 is 2.86 bits per heavy atom. The van der Waals surface area contributed by atoms with Gasteiger partial charge in [0.25, 0.3) is 0 Å². The molecule has 2 aliphatic heterocycles. The zero-order chi connectivity index (χ0) is 14.7. The Hall–Kier alpha value is -1.75. The predicted octanol–water partition coefficient (Wildman–Crippen LogP) is 1.34. The van der Waals surface area contributed by atoms with Crippen LogP contribution in [0, 0.1) is 0 Å². The molecule has 0 spiro atoms. The van der Waals surface area contributed by atoms with Crippen LogP contribution in [0.1, 0.15) is 19.3 Å². The van der Waals surface area contributed by atoms with Gasteiger partial charge in [0.1, 0.15) is 5.75 Å². The molecule has 0 aliphatic carbocycles. The van der Waals surface area contributed by atoms with E-state index >= 15 is 0 Å². The van der Waals surface area contributed by atoms with Crippen LogP contribution in [0.4, 0.5) is 5.69 Å². The SMILES string of the molecule is Nc1ccc(OCCC(=O)N2CCN3CCCC3C2)cc1. The van der Waals surface area contributed by atoms with Crippen LogP contribution in [0.25, 0.3) is 0 Å². The van der Waals surface area contributed by atoms with E-state index in [1.54, 1.807) is 12.1 Å². The molecule has 0 saturated carbocycles. The topological polar surface area (TPSA) is 58.8 Å². The largest absolute Gasteiger partial charge is 0.493 e. The number of ether oxygens (including phenoxy) is 1. The average Bonchev–Trinajstić information content (AvgIpc) is 2.96. The second kappa shape index (κ2) is 6.35. The fraction of sp³-hybridized carbons (Fsp3) is 0.562. The van der Waals surface area contributed by atoms with Crippen LogP contribution in [0.3, 0.4) is 0 Å². The van der Waals surface area contributed by atoms with Gasteiger partial charge in [-0.3, -0.25) is 9.69 Å². The van der Waals surface area contributed by atoms with E-state index in [4.69, 9.17) is 10.5 Å². The number of anilines is 1. The monoisotopic (exact) mass is 289 g/mol. The van der Waals surface area contributed by atoms with Crippen molar-refractivity contribution in [3.63, 3.8) is 0 Å². The molecule has 2 saturated heterocycles. The number of nitrogens with two attached hydrogens (primary N) is 1. The number of nitrogens with zero attached hydrogens (tertiary/aromatic N) is 2. The van der Waals surface area contributed by atoms with Crippen molar-refractivity contribution in [3.8, 4) is 5.75 Å². The van der Waals surface area contributed by atoms with E-state index in [1.807, 2.05) is 17.0 Å². The molecule has 5 heteroatoms. The molecule has 2 fully saturated rings. The summed E-state index contributed by atoms with van der Waals surface area (Å²) in [5, 5.41) is 0. The number of benzene rings is 1.